The van der Waals surface area contributed by atoms with Gasteiger partial charge < -0.3 is 24.0 Å². The molecule has 1 N–H and O–H groups in total. The predicted octanol–water partition coefficient (Wildman–Crippen LogP) is 11.8. The molecular weight excluding hydrogens is 701 g/mol. The summed E-state index contributed by atoms with van der Waals surface area (Å²) in [5.74, 6) is -0.346. The molecule has 0 bridgehead atoms. The van der Waals surface area contributed by atoms with Crippen LogP contribution in [0.5, 0.6) is 0 Å². The minimum atomic E-state index is -0.167. The van der Waals surface area contributed by atoms with Gasteiger partial charge in [-0.05, 0) is 77.0 Å². The van der Waals surface area contributed by atoms with E-state index < -0.39 is 0 Å². The number of unbranched alkanes of at least 4 members (excludes halogenated alkanes) is 22. The number of carbonyl (C=O) groups is 3. The van der Waals surface area contributed by atoms with E-state index >= 15 is 0 Å². The van der Waals surface area contributed by atoms with E-state index in [0.29, 0.717) is 49.8 Å². The van der Waals surface area contributed by atoms with Crippen molar-refractivity contribution < 1.29 is 33.4 Å². The van der Waals surface area contributed by atoms with Crippen LogP contribution >= 0.6 is 0 Å². The quantitative estimate of drug-likeness (QED) is 0.0286. The highest BCUT2D eigenvalue weighted by Crippen LogP contribution is 2.13. The number of hydrogen-bond donors (Lipinski definition) is 1. The zero-order valence-electron chi connectivity index (χ0n) is 37.4. The van der Waals surface area contributed by atoms with E-state index in [1.54, 1.807) is 4.90 Å². The fraction of sp³-hybridized carbons (Fsp3) is 0.854. The summed E-state index contributed by atoms with van der Waals surface area (Å²) in [4.78, 5) is 39.7. The van der Waals surface area contributed by atoms with Gasteiger partial charge in [-0.25, -0.2) is 0 Å². The first-order chi connectivity index (χ1) is 27.3. The second-order valence-corrected chi connectivity index (χ2v) is 16.7. The molecule has 0 rings (SSSR count). The summed E-state index contributed by atoms with van der Waals surface area (Å²) in [6.07, 6.45) is 43.2. The minimum Gasteiger partial charge on any atom is -0.466 e. The first kappa shape index (κ1) is 53.8. The number of ether oxygens (including phenoxy) is 2. The number of allylic oxidation sites excluding steroid dienone is 4. The molecule has 0 aliphatic heterocycles. The van der Waals surface area contributed by atoms with Gasteiger partial charge in [0.1, 0.15) is 6.54 Å². The average molecular weight is 792 g/mol. The van der Waals surface area contributed by atoms with Gasteiger partial charge in [0.15, 0.2) is 6.54 Å². The van der Waals surface area contributed by atoms with Gasteiger partial charge in [-0.2, -0.15) is 0 Å². The smallest absolute Gasteiger partial charge is 0.305 e. The third-order valence-corrected chi connectivity index (χ3v) is 10.6. The van der Waals surface area contributed by atoms with E-state index in [2.05, 4.69) is 38.2 Å². The third-order valence-electron chi connectivity index (χ3n) is 10.6. The Morgan fingerprint density at radius 3 is 1.20 bits per heavy atom. The van der Waals surface area contributed by atoms with Crippen LogP contribution in [0.4, 0.5) is 0 Å². The Morgan fingerprint density at radius 1 is 0.500 bits per heavy atom. The number of hydrogen-bond acceptors (Lipinski definition) is 6. The number of rotatable bonds is 42. The number of quaternary nitrogens is 1. The zero-order chi connectivity index (χ0) is 41.2. The van der Waals surface area contributed by atoms with Crippen LogP contribution in [-0.4, -0.2) is 92.4 Å². The van der Waals surface area contributed by atoms with Gasteiger partial charge in [-0.15, -0.1) is 0 Å². The molecule has 0 saturated heterocycles. The minimum absolute atomic E-state index is 0.0114. The Hall–Kier alpha value is -2.19. The van der Waals surface area contributed by atoms with Crippen molar-refractivity contribution in [1.82, 2.24) is 4.90 Å². The molecular formula is C48H91N2O6+. The average Bonchev–Trinajstić information content (AvgIpc) is 3.16. The molecule has 0 radical (unpaired) electrons. The first-order valence-corrected chi connectivity index (χ1v) is 23.6. The maximum atomic E-state index is 13.2. The van der Waals surface area contributed by atoms with E-state index in [-0.39, 0.29) is 44.2 Å². The molecule has 56 heavy (non-hydrogen) atoms. The van der Waals surface area contributed by atoms with Crippen molar-refractivity contribution in [2.24, 2.45) is 0 Å². The van der Waals surface area contributed by atoms with Gasteiger partial charge in [-0.1, -0.05) is 141 Å². The largest absolute Gasteiger partial charge is 0.466 e. The van der Waals surface area contributed by atoms with E-state index in [0.717, 1.165) is 51.4 Å². The topological polar surface area (TPSA) is 93.1 Å². The lowest BCUT2D eigenvalue weighted by Crippen LogP contribution is -2.50. The summed E-state index contributed by atoms with van der Waals surface area (Å²) < 4.78 is 11.4. The fourth-order valence-electron chi connectivity index (χ4n) is 6.88. The van der Waals surface area contributed by atoms with Crippen LogP contribution < -0.4 is 0 Å². The number of aliphatic hydroxyl groups excluding tert-OH is 1. The Balaban J connectivity index is 4.13. The van der Waals surface area contributed by atoms with Crippen LogP contribution in [-0.2, 0) is 23.9 Å². The van der Waals surface area contributed by atoms with Gasteiger partial charge >= 0.3 is 11.9 Å². The number of nitrogens with zero attached hydrogens (tertiary/aromatic N) is 2. The summed E-state index contributed by atoms with van der Waals surface area (Å²) >= 11 is 0. The van der Waals surface area contributed by atoms with E-state index in [1.165, 1.54) is 116 Å². The van der Waals surface area contributed by atoms with Crippen molar-refractivity contribution in [2.75, 3.05) is 60.1 Å². The summed E-state index contributed by atoms with van der Waals surface area (Å²) in [7, 11) is 3.86. The van der Waals surface area contributed by atoms with Crippen molar-refractivity contribution in [3.8, 4) is 0 Å². The van der Waals surface area contributed by atoms with Crippen LogP contribution in [0.25, 0.3) is 0 Å². The molecule has 0 saturated carbocycles. The molecule has 0 aliphatic rings. The van der Waals surface area contributed by atoms with Crippen LogP contribution in [0.15, 0.2) is 24.3 Å². The number of aliphatic hydroxyl groups is 1. The normalized spacial score (nSPS) is 11.9. The number of amides is 1. The third kappa shape index (κ3) is 38.7. The summed E-state index contributed by atoms with van der Waals surface area (Å²) in [6.45, 7) is 6.81. The SMILES string of the molecule is CCCCCCCCC=CCCCCCCCC(=O)OCCCN(CCCOC(=O)CCCCCCCC=CCCCCCCCC)C(=O)C[N+](C)(C)CCO. The molecule has 0 atom stereocenters. The number of esters is 2. The highest BCUT2D eigenvalue weighted by molar-refractivity contribution is 5.77. The van der Waals surface area contributed by atoms with Crippen molar-refractivity contribution in [3.63, 3.8) is 0 Å². The second kappa shape index (κ2) is 41.0. The van der Waals surface area contributed by atoms with E-state index in [9.17, 15) is 19.5 Å². The molecule has 8 heteroatoms. The van der Waals surface area contributed by atoms with Crippen molar-refractivity contribution >= 4 is 17.8 Å². The molecule has 0 heterocycles. The zero-order valence-corrected chi connectivity index (χ0v) is 37.4. The van der Waals surface area contributed by atoms with E-state index in [1.807, 2.05) is 14.1 Å². The molecule has 0 aromatic rings. The summed E-state index contributed by atoms with van der Waals surface area (Å²) in [6, 6.07) is 0. The summed E-state index contributed by atoms with van der Waals surface area (Å²) in [5, 5.41) is 9.43. The van der Waals surface area contributed by atoms with Gasteiger partial charge in [0.05, 0.1) is 33.9 Å². The lowest BCUT2D eigenvalue weighted by Gasteiger charge is -2.31. The lowest BCUT2D eigenvalue weighted by atomic mass is 10.1. The predicted molar refractivity (Wildman–Crippen MR) is 236 cm³/mol. The van der Waals surface area contributed by atoms with Crippen LogP contribution in [0.1, 0.15) is 206 Å². The molecule has 0 aliphatic carbocycles. The van der Waals surface area contributed by atoms with Gasteiger partial charge in [0, 0.05) is 25.9 Å². The maximum Gasteiger partial charge on any atom is 0.305 e. The second-order valence-electron chi connectivity index (χ2n) is 16.7. The fourth-order valence-corrected chi connectivity index (χ4v) is 6.88. The molecule has 0 aromatic heterocycles. The maximum absolute atomic E-state index is 13.2. The first-order valence-electron chi connectivity index (χ1n) is 23.6. The molecule has 8 nitrogen and oxygen atoms in total. The van der Waals surface area contributed by atoms with Gasteiger partial charge in [0.25, 0.3) is 5.91 Å². The van der Waals surface area contributed by atoms with Gasteiger partial charge in [0.2, 0.25) is 0 Å². The standard InChI is InChI=1S/C48H91N2O6/c1-5-7-9-11-13-15-17-19-21-23-25-27-29-31-33-37-47(53)55-43-35-39-49(46(52)45-50(3,4)41-42-51)40-36-44-56-48(54)38-34-32-30-28-26-24-22-20-18-16-14-12-10-8-6-2/h19-22,51H,5-18,23-45H2,1-4H3/q+1. The molecule has 328 valence electrons. The Labute approximate surface area is 346 Å². The van der Waals surface area contributed by atoms with Crippen LogP contribution in [0.2, 0.25) is 0 Å². The van der Waals surface area contributed by atoms with Crippen LogP contribution in [0.3, 0.4) is 0 Å². The van der Waals surface area contributed by atoms with Crippen molar-refractivity contribution in [2.45, 2.75) is 206 Å². The molecule has 0 aromatic carbocycles. The molecule has 1 amide bonds. The highest BCUT2D eigenvalue weighted by Gasteiger charge is 2.24. The van der Waals surface area contributed by atoms with Crippen molar-refractivity contribution in [3.05, 3.63) is 24.3 Å². The monoisotopic (exact) mass is 792 g/mol. The van der Waals surface area contributed by atoms with Crippen LogP contribution in [0, 0.1) is 0 Å². The lowest BCUT2D eigenvalue weighted by molar-refractivity contribution is -0.883. The number of likely N-dealkylation sites (N-methyl/N-ethyl adjacent to an activating group) is 1. The number of carbonyl (C=O) groups excluding carboxylic acids is 3. The van der Waals surface area contributed by atoms with E-state index in [4.69, 9.17) is 9.47 Å². The highest BCUT2D eigenvalue weighted by atomic mass is 16.5. The Morgan fingerprint density at radius 2 is 0.839 bits per heavy atom. The Bertz CT molecular complexity index is 905. The summed E-state index contributed by atoms with van der Waals surface area (Å²) in [5.41, 5.74) is 0. The van der Waals surface area contributed by atoms with Gasteiger partial charge in [-0.3, -0.25) is 14.4 Å². The molecule has 0 unspecified atom stereocenters. The Kier molecular flexibility index (Phi) is 39.4. The molecule has 0 fully saturated rings. The molecule has 0 spiro atoms. The van der Waals surface area contributed by atoms with Crippen molar-refractivity contribution in [1.29, 1.82) is 0 Å².